The van der Waals surface area contributed by atoms with E-state index in [0.29, 0.717) is 11.4 Å². The Morgan fingerprint density at radius 2 is 2.20 bits per heavy atom. The van der Waals surface area contributed by atoms with Gasteiger partial charge in [-0.2, -0.15) is 0 Å². The molecule has 10 heavy (non-hydrogen) atoms. The van der Waals surface area contributed by atoms with Crippen molar-refractivity contribution in [2.75, 3.05) is 0 Å². The first kappa shape index (κ1) is 7.57. The standard InChI is InChI=1S/C7H8FNS/c8-6-2-1-5(4-9)3-7(6)10/h1-3,10H,4,9H2. The number of benzene rings is 1. The van der Waals surface area contributed by atoms with Crippen LogP contribution < -0.4 is 5.73 Å². The quantitative estimate of drug-likeness (QED) is 0.595. The van der Waals surface area contributed by atoms with Crippen LogP contribution in [0.1, 0.15) is 5.56 Å². The van der Waals surface area contributed by atoms with E-state index in [2.05, 4.69) is 12.6 Å². The monoisotopic (exact) mass is 157 g/mol. The van der Waals surface area contributed by atoms with Crippen LogP contribution in [0.3, 0.4) is 0 Å². The van der Waals surface area contributed by atoms with Crippen LogP contribution in [0.2, 0.25) is 0 Å². The molecule has 54 valence electrons. The van der Waals surface area contributed by atoms with Crippen LogP contribution in [0.4, 0.5) is 4.39 Å². The summed E-state index contributed by atoms with van der Waals surface area (Å²) >= 11 is 3.89. The van der Waals surface area contributed by atoms with Crippen LogP contribution in [-0.2, 0) is 6.54 Å². The van der Waals surface area contributed by atoms with E-state index < -0.39 is 0 Å². The third kappa shape index (κ3) is 1.49. The van der Waals surface area contributed by atoms with Gasteiger partial charge in [0.05, 0.1) is 0 Å². The first-order valence-electron chi connectivity index (χ1n) is 2.91. The fraction of sp³-hybridized carbons (Fsp3) is 0.143. The molecule has 0 saturated carbocycles. The zero-order valence-corrected chi connectivity index (χ0v) is 6.24. The Bertz CT molecular complexity index is 237. The highest BCUT2D eigenvalue weighted by atomic mass is 32.1. The van der Waals surface area contributed by atoms with E-state index in [0.717, 1.165) is 5.56 Å². The van der Waals surface area contributed by atoms with Gasteiger partial charge in [-0.05, 0) is 17.7 Å². The van der Waals surface area contributed by atoms with Gasteiger partial charge in [0.1, 0.15) is 5.82 Å². The predicted molar refractivity (Wildman–Crippen MR) is 41.5 cm³/mol. The summed E-state index contributed by atoms with van der Waals surface area (Å²) in [5.74, 6) is -0.305. The van der Waals surface area contributed by atoms with Crippen LogP contribution >= 0.6 is 12.6 Å². The van der Waals surface area contributed by atoms with E-state index in [1.54, 1.807) is 12.1 Å². The molecule has 3 heteroatoms. The van der Waals surface area contributed by atoms with Gasteiger partial charge in [-0.15, -0.1) is 12.6 Å². The van der Waals surface area contributed by atoms with Crippen LogP contribution in [0.25, 0.3) is 0 Å². The molecule has 0 radical (unpaired) electrons. The molecule has 0 heterocycles. The SMILES string of the molecule is NCc1ccc(F)c(S)c1. The molecule has 0 bridgehead atoms. The van der Waals surface area contributed by atoms with Gasteiger partial charge in [0, 0.05) is 11.4 Å². The fourth-order valence-corrected chi connectivity index (χ4v) is 0.926. The molecule has 1 nitrogen and oxygen atoms in total. The van der Waals surface area contributed by atoms with Crippen LogP contribution in [0.15, 0.2) is 23.1 Å². The molecule has 0 aliphatic rings. The van der Waals surface area contributed by atoms with E-state index in [-0.39, 0.29) is 5.82 Å². The Morgan fingerprint density at radius 3 is 2.70 bits per heavy atom. The van der Waals surface area contributed by atoms with Crippen molar-refractivity contribution in [1.82, 2.24) is 0 Å². The molecule has 1 rings (SSSR count). The Labute approximate surface area is 64.5 Å². The molecule has 0 spiro atoms. The molecule has 0 unspecified atom stereocenters. The summed E-state index contributed by atoms with van der Waals surface area (Å²) in [6.07, 6.45) is 0. The lowest BCUT2D eigenvalue weighted by molar-refractivity contribution is 0.601. The summed E-state index contributed by atoms with van der Waals surface area (Å²) in [7, 11) is 0. The lowest BCUT2D eigenvalue weighted by Gasteiger charge is -1.97. The smallest absolute Gasteiger partial charge is 0.136 e. The third-order valence-corrected chi connectivity index (χ3v) is 1.59. The van der Waals surface area contributed by atoms with Crippen molar-refractivity contribution >= 4 is 12.6 Å². The summed E-state index contributed by atoms with van der Waals surface area (Å²) in [5, 5.41) is 0. The van der Waals surface area contributed by atoms with Crippen LogP contribution in [0.5, 0.6) is 0 Å². The second-order valence-corrected chi connectivity index (χ2v) is 2.47. The molecule has 0 fully saturated rings. The van der Waals surface area contributed by atoms with Gasteiger partial charge in [0.15, 0.2) is 0 Å². The van der Waals surface area contributed by atoms with Crippen molar-refractivity contribution in [1.29, 1.82) is 0 Å². The summed E-state index contributed by atoms with van der Waals surface area (Å²) in [6, 6.07) is 4.64. The maximum absolute atomic E-state index is 12.5. The Hall–Kier alpha value is -0.540. The van der Waals surface area contributed by atoms with Gasteiger partial charge in [-0.1, -0.05) is 6.07 Å². The first-order chi connectivity index (χ1) is 4.74. The average molecular weight is 157 g/mol. The summed E-state index contributed by atoms with van der Waals surface area (Å²) in [5.41, 5.74) is 6.21. The van der Waals surface area contributed by atoms with Crippen molar-refractivity contribution in [2.24, 2.45) is 5.73 Å². The van der Waals surface area contributed by atoms with Gasteiger partial charge in [0.2, 0.25) is 0 Å². The van der Waals surface area contributed by atoms with Crippen LogP contribution in [0, 0.1) is 5.82 Å². The molecule has 0 aliphatic heterocycles. The molecule has 0 atom stereocenters. The number of nitrogens with two attached hydrogens (primary N) is 1. The van der Waals surface area contributed by atoms with Crippen LogP contribution in [-0.4, -0.2) is 0 Å². The van der Waals surface area contributed by atoms with Gasteiger partial charge in [-0.25, -0.2) is 4.39 Å². The Kier molecular flexibility index (Phi) is 2.29. The molecule has 2 N–H and O–H groups in total. The van der Waals surface area contributed by atoms with Crippen molar-refractivity contribution < 1.29 is 4.39 Å². The molecule has 0 aromatic heterocycles. The minimum absolute atomic E-state index is 0.305. The van der Waals surface area contributed by atoms with E-state index in [1.807, 2.05) is 0 Å². The first-order valence-corrected chi connectivity index (χ1v) is 3.36. The van der Waals surface area contributed by atoms with Gasteiger partial charge in [0.25, 0.3) is 0 Å². The zero-order chi connectivity index (χ0) is 7.56. The minimum atomic E-state index is -0.305. The van der Waals surface area contributed by atoms with Crippen molar-refractivity contribution in [3.63, 3.8) is 0 Å². The van der Waals surface area contributed by atoms with E-state index in [4.69, 9.17) is 5.73 Å². The molecule has 1 aromatic carbocycles. The fourth-order valence-electron chi connectivity index (χ4n) is 0.685. The molecular weight excluding hydrogens is 149 g/mol. The van der Waals surface area contributed by atoms with Gasteiger partial charge in [-0.3, -0.25) is 0 Å². The highest BCUT2D eigenvalue weighted by Gasteiger charge is 1.96. The normalized spacial score (nSPS) is 9.90. The maximum atomic E-state index is 12.5. The predicted octanol–water partition coefficient (Wildman–Crippen LogP) is 1.57. The number of halogens is 1. The minimum Gasteiger partial charge on any atom is -0.326 e. The summed E-state index contributed by atoms with van der Waals surface area (Å²) in [4.78, 5) is 0.350. The molecule has 0 saturated heterocycles. The lowest BCUT2D eigenvalue weighted by Crippen LogP contribution is -1.96. The number of hydrogen-bond acceptors (Lipinski definition) is 2. The molecule has 0 amide bonds. The average Bonchev–Trinajstić information content (AvgIpc) is 1.95. The van der Waals surface area contributed by atoms with Crippen molar-refractivity contribution in [3.05, 3.63) is 29.6 Å². The number of thiol groups is 1. The lowest BCUT2D eigenvalue weighted by atomic mass is 10.2. The van der Waals surface area contributed by atoms with Crippen molar-refractivity contribution in [2.45, 2.75) is 11.4 Å². The highest BCUT2D eigenvalue weighted by Crippen LogP contribution is 2.13. The van der Waals surface area contributed by atoms with Crippen molar-refractivity contribution in [3.8, 4) is 0 Å². The summed E-state index contributed by atoms with van der Waals surface area (Å²) in [6.45, 7) is 0.424. The van der Waals surface area contributed by atoms with E-state index >= 15 is 0 Å². The Balaban J connectivity index is 3.04. The second kappa shape index (κ2) is 3.03. The molecule has 1 aromatic rings. The summed E-state index contributed by atoms with van der Waals surface area (Å²) < 4.78 is 12.5. The largest absolute Gasteiger partial charge is 0.326 e. The van der Waals surface area contributed by atoms with Gasteiger partial charge >= 0.3 is 0 Å². The highest BCUT2D eigenvalue weighted by molar-refractivity contribution is 7.80. The maximum Gasteiger partial charge on any atom is 0.136 e. The number of hydrogen-bond donors (Lipinski definition) is 2. The van der Waals surface area contributed by atoms with E-state index in [9.17, 15) is 4.39 Å². The van der Waals surface area contributed by atoms with Gasteiger partial charge < -0.3 is 5.73 Å². The molecular formula is C7H8FNS. The zero-order valence-electron chi connectivity index (χ0n) is 5.34. The third-order valence-electron chi connectivity index (χ3n) is 1.25. The second-order valence-electron chi connectivity index (χ2n) is 1.99. The Morgan fingerprint density at radius 1 is 1.50 bits per heavy atom. The molecule has 0 aliphatic carbocycles. The topological polar surface area (TPSA) is 26.0 Å². The number of rotatable bonds is 1. The van der Waals surface area contributed by atoms with E-state index in [1.165, 1.54) is 6.07 Å².